The lowest BCUT2D eigenvalue weighted by atomic mass is 10.0. The highest BCUT2D eigenvalue weighted by Crippen LogP contribution is 2.07. The normalized spacial score (nSPS) is 22.7. The summed E-state index contributed by atoms with van der Waals surface area (Å²) >= 11 is 0. The summed E-state index contributed by atoms with van der Waals surface area (Å²) in [5.74, 6) is -1.28. The standard InChI is InChI=1S/C10H18N2O3/c1-6(2)8(10(14)15)12-9(13)7-4-3-5-11-7/h6-8,11H,3-5H2,1-2H3,(H,12,13)(H,14,15)/t7-,8?/m1/s1. The Bertz CT molecular complexity index is 247. The number of amides is 1. The van der Waals surface area contributed by atoms with E-state index < -0.39 is 12.0 Å². The highest BCUT2D eigenvalue weighted by Gasteiger charge is 2.28. The zero-order valence-corrected chi connectivity index (χ0v) is 9.12. The van der Waals surface area contributed by atoms with Gasteiger partial charge in [-0.25, -0.2) is 4.79 Å². The molecule has 1 heterocycles. The molecule has 1 unspecified atom stereocenters. The molecular formula is C10H18N2O3. The molecule has 1 amide bonds. The summed E-state index contributed by atoms with van der Waals surface area (Å²) in [6.07, 6.45) is 1.76. The van der Waals surface area contributed by atoms with Gasteiger partial charge in [-0.2, -0.15) is 0 Å². The van der Waals surface area contributed by atoms with Crippen LogP contribution in [0.1, 0.15) is 26.7 Å². The first-order chi connectivity index (χ1) is 7.02. The average Bonchev–Trinajstić information content (AvgIpc) is 2.65. The molecule has 1 rings (SSSR count). The minimum atomic E-state index is -0.976. The maximum atomic E-state index is 11.6. The van der Waals surface area contributed by atoms with E-state index in [1.807, 2.05) is 0 Å². The van der Waals surface area contributed by atoms with Crippen molar-refractivity contribution in [2.45, 2.75) is 38.8 Å². The number of rotatable bonds is 4. The number of nitrogens with one attached hydrogen (secondary N) is 2. The molecule has 1 fully saturated rings. The van der Waals surface area contributed by atoms with Crippen molar-refractivity contribution in [3.63, 3.8) is 0 Å². The molecule has 5 heteroatoms. The van der Waals surface area contributed by atoms with Crippen molar-refractivity contribution in [3.05, 3.63) is 0 Å². The molecule has 0 aromatic heterocycles. The van der Waals surface area contributed by atoms with Gasteiger partial charge in [0.2, 0.25) is 5.91 Å². The largest absolute Gasteiger partial charge is 0.480 e. The molecule has 0 spiro atoms. The molecule has 0 bridgehead atoms. The van der Waals surface area contributed by atoms with Crippen LogP contribution in [0.25, 0.3) is 0 Å². The molecule has 3 N–H and O–H groups in total. The smallest absolute Gasteiger partial charge is 0.326 e. The summed E-state index contributed by atoms with van der Waals surface area (Å²) in [4.78, 5) is 22.5. The Morgan fingerprint density at radius 3 is 2.53 bits per heavy atom. The molecule has 0 aromatic carbocycles. The molecule has 5 nitrogen and oxygen atoms in total. The van der Waals surface area contributed by atoms with Crippen LogP contribution in [0.5, 0.6) is 0 Å². The van der Waals surface area contributed by atoms with Gasteiger partial charge in [0.25, 0.3) is 0 Å². The lowest BCUT2D eigenvalue weighted by Gasteiger charge is -2.20. The van der Waals surface area contributed by atoms with Gasteiger partial charge in [-0.15, -0.1) is 0 Å². The Morgan fingerprint density at radius 2 is 2.13 bits per heavy atom. The minimum Gasteiger partial charge on any atom is -0.480 e. The minimum absolute atomic E-state index is 0.104. The van der Waals surface area contributed by atoms with Crippen LogP contribution in [0.15, 0.2) is 0 Å². The molecular weight excluding hydrogens is 196 g/mol. The summed E-state index contributed by atoms with van der Waals surface area (Å²) in [5, 5.41) is 14.5. The molecule has 0 radical (unpaired) electrons. The Hall–Kier alpha value is -1.10. The van der Waals surface area contributed by atoms with E-state index in [0.717, 1.165) is 19.4 Å². The number of carbonyl (C=O) groups excluding carboxylic acids is 1. The number of carboxylic acid groups (broad SMARTS) is 1. The number of carbonyl (C=O) groups is 2. The van der Waals surface area contributed by atoms with Gasteiger partial charge in [0.1, 0.15) is 6.04 Å². The Kier molecular flexibility index (Phi) is 4.08. The van der Waals surface area contributed by atoms with E-state index in [0.29, 0.717) is 0 Å². The van der Waals surface area contributed by atoms with Crippen LogP contribution in [-0.4, -0.2) is 35.6 Å². The SMILES string of the molecule is CC(C)C(NC(=O)[C@H]1CCCN1)C(=O)O. The molecule has 2 atom stereocenters. The number of hydrogen-bond donors (Lipinski definition) is 3. The quantitative estimate of drug-likeness (QED) is 0.614. The van der Waals surface area contributed by atoms with E-state index in [1.54, 1.807) is 13.8 Å². The third-order valence-corrected chi connectivity index (χ3v) is 2.61. The van der Waals surface area contributed by atoms with Crippen molar-refractivity contribution in [2.75, 3.05) is 6.54 Å². The van der Waals surface area contributed by atoms with E-state index in [2.05, 4.69) is 10.6 Å². The van der Waals surface area contributed by atoms with Gasteiger partial charge in [0, 0.05) is 0 Å². The first kappa shape index (κ1) is 12.0. The van der Waals surface area contributed by atoms with Crippen molar-refractivity contribution in [3.8, 4) is 0 Å². The first-order valence-electron chi connectivity index (χ1n) is 5.29. The van der Waals surface area contributed by atoms with E-state index in [9.17, 15) is 9.59 Å². The lowest BCUT2D eigenvalue weighted by Crippen LogP contribution is -2.50. The molecule has 1 saturated heterocycles. The number of hydrogen-bond acceptors (Lipinski definition) is 3. The van der Waals surface area contributed by atoms with Crippen molar-refractivity contribution in [2.24, 2.45) is 5.92 Å². The lowest BCUT2D eigenvalue weighted by molar-refractivity contribution is -0.143. The van der Waals surface area contributed by atoms with E-state index in [1.165, 1.54) is 0 Å². The molecule has 86 valence electrons. The van der Waals surface area contributed by atoms with Crippen LogP contribution in [0.4, 0.5) is 0 Å². The monoisotopic (exact) mass is 214 g/mol. The topological polar surface area (TPSA) is 78.4 Å². The summed E-state index contributed by atoms with van der Waals surface area (Å²) in [7, 11) is 0. The average molecular weight is 214 g/mol. The third kappa shape index (κ3) is 3.20. The number of aliphatic carboxylic acids is 1. The van der Waals surface area contributed by atoms with Gasteiger partial charge in [-0.05, 0) is 25.3 Å². The van der Waals surface area contributed by atoms with Gasteiger partial charge < -0.3 is 15.7 Å². The van der Waals surface area contributed by atoms with Gasteiger partial charge in [-0.3, -0.25) is 4.79 Å². The molecule has 0 aromatic rings. The van der Waals surface area contributed by atoms with E-state index >= 15 is 0 Å². The second kappa shape index (κ2) is 5.11. The second-order valence-electron chi connectivity index (χ2n) is 4.22. The zero-order chi connectivity index (χ0) is 11.4. The van der Waals surface area contributed by atoms with Crippen LogP contribution in [0.2, 0.25) is 0 Å². The van der Waals surface area contributed by atoms with Crippen molar-refractivity contribution in [1.29, 1.82) is 0 Å². The van der Waals surface area contributed by atoms with Crippen molar-refractivity contribution < 1.29 is 14.7 Å². The van der Waals surface area contributed by atoms with Crippen LogP contribution < -0.4 is 10.6 Å². The van der Waals surface area contributed by atoms with Crippen LogP contribution in [0, 0.1) is 5.92 Å². The molecule has 1 aliphatic heterocycles. The van der Waals surface area contributed by atoms with Gasteiger partial charge in [0.15, 0.2) is 0 Å². The number of carboxylic acids is 1. The van der Waals surface area contributed by atoms with Gasteiger partial charge in [0.05, 0.1) is 6.04 Å². The van der Waals surface area contributed by atoms with Crippen LogP contribution in [0.3, 0.4) is 0 Å². The highest BCUT2D eigenvalue weighted by molar-refractivity contribution is 5.87. The fourth-order valence-electron chi connectivity index (χ4n) is 1.68. The molecule has 1 aliphatic rings. The predicted octanol–water partition coefficient (Wildman–Crippen LogP) is -0.0362. The van der Waals surface area contributed by atoms with Crippen LogP contribution in [-0.2, 0) is 9.59 Å². The summed E-state index contributed by atoms with van der Waals surface area (Å²) in [6, 6.07) is -1.01. The van der Waals surface area contributed by atoms with Crippen LogP contribution >= 0.6 is 0 Å². The maximum Gasteiger partial charge on any atom is 0.326 e. The second-order valence-corrected chi connectivity index (χ2v) is 4.22. The first-order valence-corrected chi connectivity index (χ1v) is 5.29. The van der Waals surface area contributed by atoms with Crippen molar-refractivity contribution in [1.82, 2.24) is 10.6 Å². The summed E-state index contributed by atoms with van der Waals surface area (Å²) < 4.78 is 0. The zero-order valence-electron chi connectivity index (χ0n) is 9.12. The summed E-state index contributed by atoms with van der Waals surface area (Å²) in [5.41, 5.74) is 0. The fraction of sp³-hybridized carbons (Fsp3) is 0.800. The summed E-state index contributed by atoms with van der Waals surface area (Å²) in [6.45, 7) is 4.39. The Labute approximate surface area is 89.2 Å². The van der Waals surface area contributed by atoms with Crippen molar-refractivity contribution >= 4 is 11.9 Å². The molecule has 0 aliphatic carbocycles. The fourth-order valence-corrected chi connectivity index (χ4v) is 1.68. The molecule has 15 heavy (non-hydrogen) atoms. The Balaban J connectivity index is 2.50. The van der Waals surface area contributed by atoms with Gasteiger partial charge >= 0.3 is 5.97 Å². The predicted molar refractivity (Wildman–Crippen MR) is 55.4 cm³/mol. The maximum absolute atomic E-state index is 11.6. The highest BCUT2D eigenvalue weighted by atomic mass is 16.4. The van der Waals surface area contributed by atoms with Gasteiger partial charge in [-0.1, -0.05) is 13.8 Å². The van der Waals surface area contributed by atoms with E-state index in [4.69, 9.17) is 5.11 Å². The Morgan fingerprint density at radius 1 is 1.47 bits per heavy atom. The third-order valence-electron chi connectivity index (χ3n) is 2.61. The van der Waals surface area contributed by atoms with E-state index in [-0.39, 0.29) is 17.9 Å². The molecule has 0 saturated carbocycles.